The van der Waals surface area contributed by atoms with Gasteiger partial charge in [0.2, 0.25) is 0 Å². The lowest BCUT2D eigenvalue weighted by Gasteiger charge is -2.24. The molecule has 2 atom stereocenters. The first-order valence-electron chi connectivity index (χ1n) is 23.0. The second-order valence-electron chi connectivity index (χ2n) is 18.3. The monoisotopic (exact) mass is 824 g/mol. The third kappa shape index (κ3) is 7.56. The van der Waals surface area contributed by atoms with Crippen LogP contribution < -0.4 is 0 Å². The van der Waals surface area contributed by atoms with Gasteiger partial charge in [-0.1, -0.05) is 214 Å². The maximum atomic E-state index is 6.21. The first-order chi connectivity index (χ1) is 31.5. The summed E-state index contributed by atoms with van der Waals surface area (Å²) in [6.45, 7) is 4.77. The third-order valence-corrected chi connectivity index (χ3v) is 14.1. The zero-order chi connectivity index (χ0) is 43.0. The van der Waals surface area contributed by atoms with E-state index in [1.54, 1.807) is 0 Å². The second kappa shape index (κ2) is 16.8. The standard InChI is InChI=1S/C63H52O/c1-63(2)59-19-11-9-17-55(59)56-39-35-52(42-60(56)63)54(50-31-27-47(28-32-50)45-15-7-4-8-16-45)38-24-44-21-25-46(26-22-44)48-29-33-49(34-30-48)53(37-23-43-13-5-3-6-14-43)51-36-40-62-58(41-51)57-18-10-12-20-61(57)64-62/h3-22,25-36,39-42,53-54H,23-24,37-38H2,1-2H3. The highest BCUT2D eigenvalue weighted by molar-refractivity contribution is 6.05. The molecule has 1 nitrogen and oxygen atoms in total. The van der Waals surface area contributed by atoms with E-state index in [0.717, 1.165) is 36.8 Å². The molecule has 9 aromatic carbocycles. The van der Waals surface area contributed by atoms with Crippen molar-refractivity contribution in [2.45, 2.75) is 56.8 Å². The minimum absolute atomic E-state index is 0.0370. The Kier molecular flexibility index (Phi) is 10.4. The molecular formula is C63H52O. The third-order valence-electron chi connectivity index (χ3n) is 14.1. The number of fused-ring (bicyclic) bond motifs is 6. The Morgan fingerprint density at radius 3 is 1.50 bits per heavy atom. The van der Waals surface area contributed by atoms with Crippen LogP contribution in [0.3, 0.4) is 0 Å². The van der Waals surface area contributed by atoms with Crippen molar-refractivity contribution in [1.82, 2.24) is 0 Å². The zero-order valence-electron chi connectivity index (χ0n) is 36.7. The number of para-hydroxylation sites is 1. The van der Waals surface area contributed by atoms with E-state index in [9.17, 15) is 0 Å². The maximum absolute atomic E-state index is 6.21. The Balaban J connectivity index is 0.852. The summed E-state index contributed by atoms with van der Waals surface area (Å²) in [5.41, 5.74) is 20.6. The van der Waals surface area contributed by atoms with Crippen LogP contribution in [0.25, 0.3) is 55.3 Å². The molecule has 0 saturated carbocycles. The summed E-state index contributed by atoms with van der Waals surface area (Å²) < 4.78 is 6.21. The predicted octanol–water partition coefficient (Wildman–Crippen LogP) is 16.8. The number of furan rings is 1. The Bertz CT molecular complexity index is 3210. The van der Waals surface area contributed by atoms with Gasteiger partial charge < -0.3 is 4.42 Å². The maximum Gasteiger partial charge on any atom is 0.135 e. The quantitative estimate of drug-likeness (QED) is 0.120. The van der Waals surface area contributed by atoms with Crippen LogP contribution >= 0.6 is 0 Å². The van der Waals surface area contributed by atoms with Crippen molar-refractivity contribution in [3.8, 4) is 33.4 Å². The predicted molar refractivity (Wildman–Crippen MR) is 268 cm³/mol. The van der Waals surface area contributed by atoms with Crippen molar-refractivity contribution in [1.29, 1.82) is 0 Å². The highest BCUT2D eigenvalue weighted by Gasteiger charge is 2.35. The van der Waals surface area contributed by atoms with Crippen molar-refractivity contribution in [2.75, 3.05) is 0 Å². The summed E-state index contributed by atoms with van der Waals surface area (Å²) in [5, 5.41) is 2.36. The zero-order valence-corrected chi connectivity index (χ0v) is 36.7. The van der Waals surface area contributed by atoms with Crippen LogP contribution in [0.2, 0.25) is 0 Å². The summed E-state index contributed by atoms with van der Waals surface area (Å²) in [7, 11) is 0. The van der Waals surface area contributed by atoms with Gasteiger partial charge in [0, 0.05) is 28.0 Å². The number of rotatable bonds is 12. The molecule has 1 heteroatoms. The summed E-state index contributed by atoms with van der Waals surface area (Å²) in [5.74, 6) is 0.522. The first-order valence-corrected chi connectivity index (χ1v) is 23.0. The molecule has 0 amide bonds. The van der Waals surface area contributed by atoms with Crippen LogP contribution in [0.5, 0.6) is 0 Å². The molecule has 1 heterocycles. The molecule has 11 rings (SSSR count). The fourth-order valence-electron chi connectivity index (χ4n) is 10.5. The van der Waals surface area contributed by atoms with Gasteiger partial charge in [-0.15, -0.1) is 0 Å². The van der Waals surface area contributed by atoms with Gasteiger partial charge >= 0.3 is 0 Å². The van der Waals surface area contributed by atoms with Crippen molar-refractivity contribution >= 4 is 21.9 Å². The molecule has 10 aromatic rings. The van der Waals surface area contributed by atoms with E-state index in [0.29, 0.717) is 0 Å². The normalized spacial score (nSPS) is 13.7. The van der Waals surface area contributed by atoms with E-state index in [1.165, 1.54) is 88.7 Å². The van der Waals surface area contributed by atoms with Gasteiger partial charge in [0.25, 0.3) is 0 Å². The van der Waals surface area contributed by atoms with Crippen molar-refractivity contribution in [3.05, 3.63) is 263 Å². The molecule has 0 aliphatic heterocycles. The molecule has 0 radical (unpaired) electrons. The van der Waals surface area contributed by atoms with Crippen molar-refractivity contribution < 1.29 is 4.42 Å². The van der Waals surface area contributed by atoms with Gasteiger partial charge in [-0.05, 0) is 122 Å². The summed E-state index contributed by atoms with van der Waals surface area (Å²) >= 11 is 0. The second-order valence-corrected chi connectivity index (χ2v) is 18.3. The van der Waals surface area contributed by atoms with Crippen LogP contribution in [-0.2, 0) is 18.3 Å². The molecule has 0 fully saturated rings. The Labute approximate surface area is 377 Å². The molecular weight excluding hydrogens is 773 g/mol. The average Bonchev–Trinajstić information content (AvgIpc) is 3.84. The number of aryl methyl sites for hydroxylation is 2. The SMILES string of the molecule is CC1(C)c2ccccc2-c2ccc(C(CCc3ccc(-c4ccc(C(CCc5ccccc5)c5ccc6oc7ccccc7c6c5)cc4)cc3)c3ccc(-c4ccccc4)cc3)cc21. The summed E-state index contributed by atoms with van der Waals surface area (Å²) in [4.78, 5) is 0. The number of hydrogen-bond acceptors (Lipinski definition) is 1. The highest BCUT2D eigenvalue weighted by atomic mass is 16.3. The highest BCUT2D eigenvalue weighted by Crippen LogP contribution is 2.50. The summed E-state index contributed by atoms with van der Waals surface area (Å²) in [6.07, 6.45) is 4.05. The topological polar surface area (TPSA) is 13.1 Å². The molecule has 0 bridgehead atoms. The average molecular weight is 825 g/mol. The van der Waals surface area contributed by atoms with Gasteiger partial charge in [0.15, 0.2) is 0 Å². The minimum atomic E-state index is -0.0370. The first kappa shape index (κ1) is 39.6. The van der Waals surface area contributed by atoms with Gasteiger partial charge in [0.05, 0.1) is 0 Å². The number of benzene rings is 9. The molecule has 310 valence electrons. The number of hydrogen-bond donors (Lipinski definition) is 0. The fourth-order valence-corrected chi connectivity index (χ4v) is 10.5. The van der Waals surface area contributed by atoms with Gasteiger partial charge in [-0.25, -0.2) is 0 Å². The van der Waals surface area contributed by atoms with Crippen molar-refractivity contribution in [3.63, 3.8) is 0 Å². The van der Waals surface area contributed by atoms with Gasteiger partial charge in [0.1, 0.15) is 11.2 Å². The molecule has 1 aromatic heterocycles. The Hall–Kier alpha value is -7.22. The molecule has 0 saturated heterocycles. The van der Waals surface area contributed by atoms with E-state index in [4.69, 9.17) is 4.42 Å². The fraction of sp³-hybridized carbons (Fsp3) is 0.143. The van der Waals surface area contributed by atoms with Gasteiger partial charge in [-0.3, -0.25) is 0 Å². The minimum Gasteiger partial charge on any atom is -0.456 e. The molecule has 2 unspecified atom stereocenters. The van der Waals surface area contributed by atoms with Crippen LogP contribution in [0, 0.1) is 0 Å². The molecule has 64 heavy (non-hydrogen) atoms. The lowest BCUT2D eigenvalue weighted by atomic mass is 9.79. The van der Waals surface area contributed by atoms with E-state index in [2.05, 4.69) is 226 Å². The smallest absolute Gasteiger partial charge is 0.135 e. The van der Waals surface area contributed by atoms with Crippen LogP contribution in [-0.4, -0.2) is 0 Å². The van der Waals surface area contributed by atoms with Crippen LogP contribution in [0.15, 0.2) is 223 Å². The Morgan fingerprint density at radius 1 is 0.359 bits per heavy atom. The lowest BCUT2D eigenvalue weighted by Crippen LogP contribution is -2.15. The van der Waals surface area contributed by atoms with Crippen LogP contribution in [0.4, 0.5) is 0 Å². The van der Waals surface area contributed by atoms with E-state index in [1.807, 2.05) is 6.07 Å². The molecule has 0 N–H and O–H groups in total. The lowest BCUT2D eigenvalue weighted by molar-refractivity contribution is 0.654. The Morgan fingerprint density at radius 2 is 0.828 bits per heavy atom. The largest absolute Gasteiger partial charge is 0.456 e. The molecule has 0 spiro atoms. The van der Waals surface area contributed by atoms with Crippen LogP contribution in [0.1, 0.15) is 83.0 Å². The van der Waals surface area contributed by atoms with E-state index >= 15 is 0 Å². The van der Waals surface area contributed by atoms with Crippen molar-refractivity contribution in [2.24, 2.45) is 0 Å². The molecule has 1 aliphatic carbocycles. The summed E-state index contributed by atoms with van der Waals surface area (Å²) in [6, 6.07) is 80.9. The molecule has 1 aliphatic rings. The van der Waals surface area contributed by atoms with E-state index in [-0.39, 0.29) is 17.3 Å². The van der Waals surface area contributed by atoms with Gasteiger partial charge in [-0.2, -0.15) is 0 Å². The van der Waals surface area contributed by atoms with E-state index < -0.39 is 0 Å².